The van der Waals surface area contributed by atoms with Crippen LogP contribution in [0, 0.1) is 5.82 Å². The zero-order valence-electron chi connectivity index (χ0n) is 8.45. The van der Waals surface area contributed by atoms with Gasteiger partial charge >= 0.3 is 6.03 Å². The highest BCUT2D eigenvalue weighted by Crippen LogP contribution is 2.27. The normalized spacial score (nSPS) is 9.60. The fraction of sp³-hybridized carbons (Fsp3) is 0.222. The van der Waals surface area contributed by atoms with E-state index in [0.29, 0.717) is 11.4 Å². The summed E-state index contributed by atoms with van der Waals surface area (Å²) >= 11 is 0. The summed E-state index contributed by atoms with van der Waals surface area (Å²) in [5.74, 6) is 4.90. The van der Waals surface area contributed by atoms with Gasteiger partial charge < -0.3 is 4.74 Å². The summed E-state index contributed by atoms with van der Waals surface area (Å²) in [6, 6.07) is 3.31. The monoisotopic (exact) mass is 213 g/mol. The van der Waals surface area contributed by atoms with Gasteiger partial charge in [0.1, 0.15) is 11.6 Å². The van der Waals surface area contributed by atoms with Gasteiger partial charge in [-0.25, -0.2) is 15.0 Å². The zero-order chi connectivity index (χ0) is 11.4. The lowest BCUT2D eigenvalue weighted by atomic mass is 10.2. The molecule has 0 aromatic heterocycles. The van der Waals surface area contributed by atoms with Gasteiger partial charge in [-0.05, 0) is 12.1 Å². The van der Waals surface area contributed by atoms with E-state index in [1.165, 1.54) is 32.4 Å². The van der Waals surface area contributed by atoms with Gasteiger partial charge in [-0.1, -0.05) is 0 Å². The maximum Gasteiger partial charge on any atom is 0.335 e. The van der Waals surface area contributed by atoms with Crippen LogP contribution in [0.4, 0.5) is 14.9 Å². The van der Waals surface area contributed by atoms with Crippen LogP contribution in [-0.2, 0) is 0 Å². The number of amides is 2. The highest BCUT2D eigenvalue weighted by molar-refractivity contribution is 5.92. The molecule has 0 aliphatic carbocycles. The van der Waals surface area contributed by atoms with E-state index in [-0.39, 0.29) is 0 Å². The minimum atomic E-state index is -0.557. The third-order valence-electron chi connectivity index (χ3n) is 1.93. The van der Waals surface area contributed by atoms with E-state index in [9.17, 15) is 9.18 Å². The van der Waals surface area contributed by atoms with Crippen molar-refractivity contribution in [3.63, 3.8) is 0 Å². The molecule has 0 atom stereocenters. The molecule has 0 heterocycles. The third kappa shape index (κ3) is 2.35. The van der Waals surface area contributed by atoms with Crippen molar-refractivity contribution in [2.24, 2.45) is 5.84 Å². The molecule has 6 heteroatoms. The van der Waals surface area contributed by atoms with Gasteiger partial charge in [0, 0.05) is 13.1 Å². The molecule has 0 unspecified atom stereocenters. The number of methoxy groups -OCH3 is 1. The Hall–Kier alpha value is -1.82. The molecule has 2 amide bonds. The van der Waals surface area contributed by atoms with E-state index in [4.69, 9.17) is 10.6 Å². The number of anilines is 1. The average molecular weight is 213 g/mol. The van der Waals surface area contributed by atoms with Crippen LogP contribution in [0.1, 0.15) is 0 Å². The molecule has 0 fully saturated rings. The van der Waals surface area contributed by atoms with Crippen LogP contribution in [0.2, 0.25) is 0 Å². The number of hydrogen-bond donors (Lipinski definition) is 2. The van der Waals surface area contributed by atoms with Crippen molar-refractivity contribution >= 4 is 11.7 Å². The number of hydrogen-bond acceptors (Lipinski definition) is 3. The Morgan fingerprint density at radius 3 is 2.80 bits per heavy atom. The highest BCUT2D eigenvalue weighted by Gasteiger charge is 2.14. The quantitative estimate of drug-likeness (QED) is 0.435. The van der Waals surface area contributed by atoms with Crippen molar-refractivity contribution in [2.75, 3.05) is 19.1 Å². The van der Waals surface area contributed by atoms with E-state index in [2.05, 4.69) is 0 Å². The number of nitrogens with one attached hydrogen (secondary N) is 1. The molecule has 1 aromatic rings. The topological polar surface area (TPSA) is 67.6 Å². The Morgan fingerprint density at radius 2 is 2.27 bits per heavy atom. The molecule has 3 N–H and O–H groups in total. The summed E-state index contributed by atoms with van der Waals surface area (Å²) in [6.07, 6.45) is 0. The van der Waals surface area contributed by atoms with Crippen molar-refractivity contribution in [2.45, 2.75) is 0 Å². The van der Waals surface area contributed by atoms with Gasteiger partial charge in [-0.2, -0.15) is 0 Å². The molecule has 0 spiro atoms. The highest BCUT2D eigenvalue weighted by atomic mass is 19.1. The zero-order valence-corrected chi connectivity index (χ0v) is 8.45. The van der Waals surface area contributed by atoms with Crippen LogP contribution in [-0.4, -0.2) is 20.2 Å². The number of nitrogens with two attached hydrogens (primary N) is 1. The average Bonchev–Trinajstić information content (AvgIpc) is 2.27. The second-order valence-electron chi connectivity index (χ2n) is 2.82. The molecule has 0 bridgehead atoms. The maximum absolute atomic E-state index is 13.0. The Labute approximate surface area is 86.6 Å². The molecule has 82 valence electrons. The fourth-order valence-corrected chi connectivity index (χ4v) is 1.13. The summed E-state index contributed by atoms with van der Waals surface area (Å²) in [4.78, 5) is 12.4. The molecule has 1 rings (SSSR count). The second-order valence-corrected chi connectivity index (χ2v) is 2.82. The summed E-state index contributed by atoms with van der Waals surface area (Å²) in [5.41, 5.74) is 2.25. The minimum absolute atomic E-state index is 0.306. The molecular weight excluding hydrogens is 201 g/mol. The number of urea groups is 1. The largest absolute Gasteiger partial charge is 0.495 e. The lowest BCUT2D eigenvalue weighted by molar-refractivity contribution is 0.247. The number of ether oxygens (including phenoxy) is 1. The van der Waals surface area contributed by atoms with Gasteiger partial charge in [0.15, 0.2) is 0 Å². The van der Waals surface area contributed by atoms with Crippen LogP contribution in [0.15, 0.2) is 18.2 Å². The third-order valence-corrected chi connectivity index (χ3v) is 1.93. The number of halogens is 1. The number of nitrogens with zero attached hydrogens (tertiary/aromatic N) is 1. The van der Waals surface area contributed by atoms with E-state index in [1.54, 1.807) is 0 Å². The lowest BCUT2D eigenvalue weighted by Gasteiger charge is -2.18. The SMILES string of the molecule is COc1ccc(F)cc1N(C)C(=O)NN. The lowest BCUT2D eigenvalue weighted by Crippen LogP contribution is -2.41. The Bertz CT molecular complexity index is 370. The Morgan fingerprint density at radius 1 is 1.60 bits per heavy atom. The number of rotatable bonds is 2. The summed E-state index contributed by atoms with van der Waals surface area (Å²) in [7, 11) is 2.89. The van der Waals surface area contributed by atoms with Gasteiger partial charge in [0.2, 0.25) is 0 Å². The standard InChI is InChI=1S/C9H12FN3O2/c1-13(9(14)12-11)7-5-6(10)3-4-8(7)15-2/h3-5H,11H2,1-2H3,(H,12,14). The van der Waals surface area contributed by atoms with Gasteiger partial charge in [-0.3, -0.25) is 10.3 Å². The molecule has 1 aromatic carbocycles. The van der Waals surface area contributed by atoms with Crippen LogP contribution in [0.5, 0.6) is 5.75 Å². The number of benzene rings is 1. The molecule has 0 aliphatic heterocycles. The van der Waals surface area contributed by atoms with E-state index >= 15 is 0 Å². The van der Waals surface area contributed by atoms with Crippen LogP contribution < -0.4 is 20.9 Å². The Kier molecular flexibility index (Phi) is 3.46. The molecule has 15 heavy (non-hydrogen) atoms. The predicted octanol–water partition coefficient (Wildman–Crippen LogP) is 0.854. The summed E-state index contributed by atoms with van der Waals surface area (Å²) < 4.78 is 18.0. The van der Waals surface area contributed by atoms with Crippen LogP contribution >= 0.6 is 0 Å². The van der Waals surface area contributed by atoms with Crippen molar-refractivity contribution in [3.8, 4) is 5.75 Å². The van der Waals surface area contributed by atoms with Crippen LogP contribution in [0.3, 0.4) is 0 Å². The summed E-state index contributed by atoms with van der Waals surface area (Å²) in [6.45, 7) is 0. The number of carbonyl (C=O) groups excluding carboxylic acids is 1. The van der Waals surface area contributed by atoms with E-state index in [1.807, 2.05) is 5.43 Å². The fourth-order valence-electron chi connectivity index (χ4n) is 1.13. The van der Waals surface area contributed by atoms with Crippen molar-refractivity contribution < 1.29 is 13.9 Å². The summed E-state index contributed by atoms with van der Waals surface area (Å²) in [5, 5.41) is 0. The van der Waals surface area contributed by atoms with Crippen LogP contribution in [0.25, 0.3) is 0 Å². The van der Waals surface area contributed by atoms with Crippen molar-refractivity contribution in [1.29, 1.82) is 0 Å². The molecule has 0 aliphatic rings. The van der Waals surface area contributed by atoms with Crippen molar-refractivity contribution in [3.05, 3.63) is 24.0 Å². The van der Waals surface area contributed by atoms with Gasteiger partial charge in [-0.15, -0.1) is 0 Å². The maximum atomic E-state index is 13.0. The van der Waals surface area contributed by atoms with Gasteiger partial charge in [0.05, 0.1) is 12.8 Å². The Balaban J connectivity index is 3.10. The number of hydrazine groups is 1. The first-order chi connectivity index (χ1) is 7.10. The first-order valence-electron chi connectivity index (χ1n) is 4.18. The number of carbonyl (C=O) groups is 1. The predicted molar refractivity (Wildman–Crippen MR) is 54.1 cm³/mol. The minimum Gasteiger partial charge on any atom is -0.495 e. The molecule has 5 nitrogen and oxygen atoms in total. The second kappa shape index (κ2) is 4.61. The molecule has 0 radical (unpaired) electrons. The smallest absolute Gasteiger partial charge is 0.335 e. The van der Waals surface area contributed by atoms with Gasteiger partial charge in [0.25, 0.3) is 0 Å². The first kappa shape index (κ1) is 11.3. The molecular formula is C9H12FN3O2. The van der Waals surface area contributed by atoms with Crippen molar-refractivity contribution in [1.82, 2.24) is 5.43 Å². The van der Waals surface area contributed by atoms with E-state index < -0.39 is 11.8 Å². The van der Waals surface area contributed by atoms with E-state index in [0.717, 1.165) is 4.90 Å². The first-order valence-corrected chi connectivity index (χ1v) is 4.18. The molecule has 0 saturated carbocycles. The molecule has 0 saturated heterocycles.